The van der Waals surface area contributed by atoms with Crippen molar-refractivity contribution in [1.29, 1.82) is 0 Å². The monoisotopic (exact) mass is 170 g/mol. The summed E-state index contributed by atoms with van der Waals surface area (Å²) < 4.78 is 0. The van der Waals surface area contributed by atoms with Crippen molar-refractivity contribution >= 4 is 11.8 Å². The van der Waals surface area contributed by atoms with Crippen LogP contribution in [-0.2, 0) is 0 Å². The average Bonchev–Trinajstić information content (AvgIpc) is 1.82. The van der Waals surface area contributed by atoms with Crippen LogP contribution in [0, 0.1) is 0 Å². The number of aromatic hydroxyl groups is 1. The van der Waals surface area contributed by atoms with Crippen molar-refractivity contribution in [2.45, 2.75) is 0 Å². The van der Waals surface area contributed by atoms with E-state index in [2.05, 4.69) is 0 Å². The van der Waals surface area contributed by atoms with Gasteiger partial charge in [0.2, 0.25) is 0 Å². The van der Waals surface area contributed by atoms with Gasteiger partial charge in [-0.15, -0.1) is 0 Å². The second-order valence-electron chi connectivity index (χ2n) is 2.11. The fourth-order valence-electron chi connectivity index (χ4n) is 0.790. The van der Waals surface area contributed by atoms with Gasteiger partial charge in [0.05, 0.1) is 0 Å². The van der Waals surface area contributed by atoms with E-state index >= 15 is 0 Å². The number of hydrogen-bond acceptors (Lipinski definition) is 4. The smallest absolute Gasteiger partial charge is 0.343 e. The number of carbonyl (C=O) groups is 1. The molecule has 0 atom stereocenters. The molecule has 0 aliphatic rings. The van der Waals surface area contributed by atoms with Gasteiger partial charge in [-0.2, -0.15) is 0 Å². The minimum atomic E-state index is -1.39. The Morgan fingerprint density at radius 1 is 1.58 bits per heavy atom. The topological polar surface area (TPSA) is 116 Å². The predicted octanol–water partition coefficient (Wildman–Crippen LogP) is -0.639. The summed E-state index contributed by atoms with van der Waals surface area (Å²) in [5.74, 6) is -2.38. The van der Waals surface area contributed by atoms with Gasteiger partial charge < -0.3 is 20.9 Å². The maximum Gasteiger partial charge on any atom is 0.343 e. The van der Waals surface area contributed by atoms with Gasteiger partial charge in [0, 0.05) is 6.07 Å². The van der Waals surface area contributed by atoms with Gasteiger partial charge in [-0.05, 0) is 0 Å². The minimum absolute atomic E-state index is 0.354. The van der Waals surface area contributed by atoms with E-state index in [0.29, 0.717) is 0 Å². The lowest BCUT2D eigenvalue weighted by atomic mass is 10.2. The Morgan fingerprint density at radius 2 is 2.17 bits per heavy atom. The number of aromatic amines is 1. The van der Waals surface area contributed by atoms with Crippen molar-refractivity contribution in [1.82, 2.24) is 4.98 Å². The highest BCUT2D eigenvalue weighted by atomic mass is 16.4. The molecule has 0 unspecified atom stereocenters. The number of carboxylic acid groups (broad SMARTS) is 1. The van der Waals surface area contributed by atoms with E-state index in [9.17, 15) is 9.59 Å². The molecule has 0 saturated carbocycles. The van der Waals surface area contributed by atoms with Crippen molar-refractivity contribution in [2.75, 3.05) is 5.73 Å². The molecule has 0 saturated heterocycles. The van der Waals surface area contributed by atoms with E-state index in [-0.39, 0.29) is 5.82 Å². The zero-order valence-electron chi connectivity index (χ0n) is 5.87. The molecule has 1 aromatic heterocycles. The highest BCUT2D eigenvalue weighted by Gasteiger charge is 2.14. The van der Waals surface area contributed by atoms with Crippen LogP contribution >= 0.6 is 0 Å². The molecule has 0 aliphatic carbocycles. The van der Waals surface area contributed by atoms with Crippen LogP contribution in [0.3, 0.4) is 0 Å². The molecular weight excluding hydrogens is 164 g/mol. The molecule has 1 aromatic rings. The Bertz CT molecular complexity index is 355. The lowest BCUT2D eigenvalue weighted by molar-refractivity contribution is 0.0694. The number of aromatic carboxylic acids is 1. The zero-order chi connectivity index (χ0) is 9.30. The third-order valence-electron chi connectivity index (χ3n) is 1.27. The molecule has 0 amide bonds. The predicted molar refractivity (Wildman–Crippen MR) is 40.1 cm³/mol. The van der Waals surface area contributed by atoms with Crippen LogP contribution < -0.4 is 11.3 Å². The Morgan fingerprint density at radius 3 is 2.58 bits per heavy atom. The van der Waals surface area contributed by atoms with Crippen LogP contribution in [0.4, 0.5) is 5.82 Å². The number of anilines is 1. The second-order valence-corrected chi connectivity index (χ2v) is 2.11. The molecule has 0 spiro atoms. The molecule has 0 fully saturated rings. The van der Waals surface area contributed by atoms with Gasteiger partial charge >= 0.3 is 5.97 Å². The molecular formula is C6H6N2O4. The molecule has 0 aliphatic heterocycles. The first-order chi connectivity index (χ1) is 5.52. The number of nitrogens with one attached hydrogen (secondary N) is 1. The van der Waals surface area contributed by atoms with E-state index in [1.807, 2.05) is 4.98 Å². The number of rotatable bonds is 1. The maximum atomic E-state index is 10.6. The van der Waals surface area contributed by atoms with Crippen LogP contribution in [0.5, 0.6) is 5.75 Å². The fraction of sp³-hybridized carbons (Fsp3) is 0. The van der Waals surface area contributed by atoms with Crippen LogP contribution in [0.15, 0.2) is 10.9 Å². The van der Waals surface area contributed by atoms with Gasteiger partial charge in [0.25, 0.3) is 5.56 Å². The normalized spacial score (nSPS) is 9.67. The van der Waals surface area contributed by atoms with Crippen molar-refractivity contribution in [3.05, 3.63) is 22.0 Å². The van der Waals surface area contributed by atoms with Crippen LogP contribution in [0.2, 0.25) is 0 Å². The lowest BCUT2D eigenvalue weighted by Crippen LogP contribution is -2.13. The Hall–Kier alpha value is -1.98. The highest BCUT2D eigenvalue weighted by molar-refractivity contribution is 5.95. The Balaban J connectivity index is 3.48. The standard InChI is InChI=1S/C6H6N2O4/c7-5-4(6(11)12)2(9)1-3(10)8-5/h1H,(H,11,12)(H4,7,8,9,10). The van der Waals surface area contributed by atoms with Crippen molar-refractivity contribution < 1.29 is 15.0 Å². The van der Waals surface area contributed by atoms with Crippen molar-refractivity contribution in [2.24, 2.45) is 0 Å². The van der Waals surface area contributed by atoms with E-state index in [4.69, 9.17) is 15.9 Å². The Labute approximate surface area is 66.3 Å². The summed E-state index contributed by atoms with van der Waals surface area (Å²) in [4.78, 5) is 23.0. The van der Waals surface area contributed by atoms with Gasteiger partial charge in [-0.3, -0.25) is 4.79 Å². The van der Waals surface area contributed by atoms with Gasteiger partial charge in [0.15, 0.2) is 0 Å². The lowest BCUT2D eigenvalue weighted by Gasteiger charge is -2.00. The largest absolute Gasteiger partial charge is 0.507 e. The summed E-state index contributed by atoms with van der Waals surface area (Å²) in [6.45, 7) is 0. The van der Waals surface area contributed by atoms with Gasteiger partial charge in [0.1, 0.15) is 17.1 Å². The molecule has 12 heavy (non-hydrogen) atoms. The first-order valence-electron chi connectivity index (χ1n) is 2.97. The maximum absolute atomic E-state index is 10.6. The zero-order valence-corrected chi connectivity index (χ0v) is 5.87. The molecule has 0 bridgehead atoms. The number of nitrogen functional groups attached to an aromatic ring is 1. The van der Waals surface area contributed by atoms with E-state index in [1.165, 1.54) is 0 Å². The molecule has 1 heterocycles. The van der Waals surface area contributed by atoms with Crippen molar-refractivity contribution in [3.8, 4) is 5.75 Å². The minimum Gasteiger partial charge on any atom is -0.507 e. The molecule has 1 rings (SSSR count). The number of H-pyrrole nitrogens is 1. The van der Waals surface area contributed by atoms with Crippen LogP contribution in [0.1, 0.15) is 10.4 Å². The molecule has 6 heteroatoms. The summed E-state index contributed by atoms with van der Waals surface area (Å²) in [6, 6.07) is 0.750. The number of hydrogen-bond donors (Lipinski definition) is 4. The molecule has 0 radical (unpaired) electrons. The number of aromatic nitrogens is 1. The number of nitrogens with two attached hydrogens (primary N) is 1. The van der Waals surface area contributed by atoms with Crippen molar-refractivity contribution in [3.63, 3.8) is 0 Å². The van der Waals surface area contributed by atoms with Gasteiger partial charge in [-0.25, -0.2) is 4.79 Å². The summed E-state index contributed by atoms with van der Waals surface area (Å²) in [7, 11) is 0. The van der Waals surface area contributed by atoms with E-state index in [1.54, 1.807) is 0 Å². The Kier molecular flexibility index (Phi) is 1.74. The molecule has 64 valence electrons. The quantitative estimate of drug-likeness (QED) is 0.447. The summed E-state index contributed by atoms with van der Waals surface area (Å²) in [5.41, 5.74) is 3.99. The number of carboxylic acids is 1. The SMILES string of the molecule is Nc1[nH]c(=O)cc(O)c1C(=O)O. The first kappa shape index (κ1) is 8.12. The second kappa shape index (κ2) is 2.57. The third-order valence-corrected chi connectivity index (χ3v) is 1.27. The average molecular weight is 170 g/mol. The summed E-state index contributed by atoms with van der Waals surface area (Å²) in [6.07, 6.45) is 0. The van der Waals surface area contributed by atoms with Crippen LogP contribution in [-0.4, -0.2) is 21.2 Å². The number of pyridine rings is 1. The van der Waals surface area contributed by atoms with E-state index in [0.717, 1.165) is 6.07 Å². The summed E-state index contributed by atoms with van der Waals surface area (Å²) >= 11 is 0. The highest BCUT2D eigenvalue weighted by Crippen LogP contribution is 2.17. The molecule has 6 nitrogen and oxygen atoms in total. The van der Waals surface area contributed by atoms with E-state index < -0.39 is 22.8 Å². The molecule has 5 N–H and O–H groups in total. The van der Waals surface area contributed by atoms with Gasteiger partial charge in [-0.1, -0.05) is 0 Å². The fourth-order valence-corrected chi connectivity index (χ4v) is 0.790. The van der Waals surface area contributed by atoms with Crippen LogP contribution in [0.25, 0.3) is 0 Å². The third kappa shape index (κ3) is 1.22. The first-order valence-corrected chi connectivity index (χ1v) is 2.97. The summed E-state index contributed by atoms with van der Waals surface area (Å²) in [5, 5.41) is 17.4. The molecule has 0 aromatic carbocycles.